The van der Waals surface area contributed by atoms with Gasteiger partial charge >= 0.3 is 0 Å². The lowest BCUT2D eigenvalue weighted by Gasteiger charge is -2.40. The smallest absolute Gasteiger partial charge is 0.294 e. The second-order valence-electron chi connectivity index (χ2n) is 7.79. The van der Waals surface area contributed by atoms with Gasteiger partial charge in [-0.05, 0) is 54.4 Å². The van der Waals surface area contributed by atoms with Crippen molar-refractivity contribution in [1.82, 2.24) is 0 Å². The summed E-state index contributed by atoms with van der Waals surface area (Å²) < 4.78 is 31.0. The molecule has 9 heteroatoms. The number of nitrogens with one attached hydrogen (secondary N) is 1. The zero-order valence-corrected chi connectivity index (χ0v) is 18.7. The first-order valence-electron chi connectivity index (χ1n) is 10.0. The number of furan rings is 1. The first kappa shape index (κ1) is 21.6. The molecule has 0 aliphatic carbocycles. The highest BCUT2D eigenvalue weighted by Gasteiger charge is 2.35. The molecule has 0 bridgehead atoms. The third kappa shape index (κ3) is 4.24. The Hall–Kier alpha value is -3.59. The van der Waals surface area contributed by atoms with E-state index in [0.29, 0.717) is 23.6 Å². The number of carbonyl (C=O) groups excluding carboxylic acids is 2. The van der Waals surface area contributed by atoms with Crippen molar-refractivity contribution in [2.45, 2.75) is 19.9 Å². The fraction of sp³-hybridized carbons (Fsp3) is 0.217. The lowest BCUT2D eigenvalue weighted by molar-refractivity contribution is -0.117. The number of rotatable bonds is 4. The molecule has 1 aliphatic heterocycles. The standard InChI is InChI=1S/C23H23N3O5S/c1-15-14-25(23(28)22-8-5-11-31-22)21-13-18(9-10-20(21)26(15)16(2)27)17-6-4-7-19(12-17)24-32(3,29)30/h4-13,15,24H,14H2,1-3H3/t15-/m0/s1. The highest BCUT2D eigenvalue weighted by atomic mass is 32.2. The van der Waals surface area contributed by atoms with Crippen molar-refractivity contribution in [3.63, 3.8) is 0 Å². The van der Waals surface area contributed by atoms with Crippen molar-refractivity contribution in [3.8, 4) is 11.1 Å². The average molecular weight is 454 g/mol. The van der Waals surface area contributed by atoms with Crippen LogP contribution in [0.3, 0.4) is 0 Å². The third-order valence-electron chi connectivity index (χ3n) is 5.23. The minimum absolute atomic E-state index is 0.115. The summed E-state index contributed by atoms with van der Waals surface area (Å²) >= 11 is 0. The highest BCUT2D eigenvalue weighted by molar-refractivity contribution is 7.92. The van der Waals surface area contributed by atoms with Crippen molar-refractivity contribution in [3.05, 3.63) is 66.6 Å². The number of fused-ring (bicyclic) bond motifs is 1. The van der Waals surface area contributed by atoms with Crippen LogP contribution in [0.5, 0.6) is 0 Å². The summed E-state index contributed by atoms with van der Waals surface area (Å²) in [5.41, 5.74) is 3.19. The predicted octanol–water partition coefficient (Wildman–Crippen LogP) is 3.72. The van der Waals surface area contributed by atoms with Crippen molar-refractivity contribution in [1.29, 1.82) is 0 Å². The number of amides is 2. The van der Waals surface area contributed by atoms with Gasteiger partial charge in [0.15, 0.2) is 5.76 Å². The molecule has 166 valence electrons. The lowest BCUT2D eigenvalue weighted by atomic mass is 10.00. The monoisotopic (exact) mass is 453 g/mol. The maximum absolute atomic E-state index is 13.2. The molecule has 1 aliphatic rings. The molecular formula is C23H23N3O5S. The van der Waals surface area contributed by atoms with Crippen LogP contribution >= 0.6 is 0 Å². The van der Waals surface area contributed by atoms with E-state index < -0.39 is 10.0 Å². The van der Waals surface area contributed by atoms with Crippen LogP contribution < -0.4 is 14.5 Å². The van der Waals surface area contributed by atoms with Crippen LogP contribution in [0.1, 0.15) is 24.4 Å². The molecule has 2 aromatic carbocycles. The van der Waals surface area contributed by atoms with Crippen LogP contribution in [0.4, 0.5) is 17.1 Å². The Balaban J connectivity index is 1.81. The maximum atomic E-state index is 13.2. The number of benzene rings is 2. The molecule has 1 atom stereocenters. The Bertz CT molecular complexity index is 1280. The minimum atomic E-state index is -3.42. The Morgan fingerprint density at radius 1 is 1.03 bits per heavy atom. The van der Waals surface area contributed by atoms with Gasteiger partial charge in [0, 0.05) is 19.2 Å². The summed E-state index contributed by atoms with van der Waals surface area (Å²) in [4.78, 5) is 28.8. The van der Waals surface area contributed by atoms with Crippen LogP contribution in [0.15, 0.2) is 65.3 Å². The normalized spacial score (nSPS) is 15.9. The second kappa shape index (κ2) is 8.16. The summed E-state index contributed by atoms with van der Waals surface area (Å²) in [5, 5.41) is 0. The van der Waals surface area contributed by atoms with Gasteiger partial charge in [-0.25, -0.2) is 8.42 Å². The van der Waals surface area contributed by atoms with Crippen LogP contribution in [0.2, 0.25) is 0 Å². The molecule has 1 N–H and O–H groups in total. The molecule has 0 radical (unpaired) electrons. The van der Waals surface area contributed by atoms with Crippen molar-refractivity contribution in [2.75, 3.05) is 27.3 Å². The summed E-state index contributed by atoms with van der Waals surface area (Å²) in [6.07, 6.45) is 2.54. The van der Waals surface area contributed by atoms with Gasteiger partial charge in [-0.2, -0.15) is 0 Å². The highest BCUT2D eigenvalue weighted by Crippen LogP contribution is 2.39. The summed E-state index contributed by atoms with van der Waals surface area (Å²) in [6.45, 7) is 3.70. The van der Waals surface area contributed by atoms with E-state index in [2.05, 4.69) is 4.72 Å². The SMILES string of the molecule is CC(=O)N1c2ccc(-c3cccc(NS(C)(=O)=O)c3)cc2N(C(=O)c2ccco2)C[C@@H]1C. The van der Waals surface area contributed by atoms with Crippen LogP contribution in [0.25, 0.3) is 11.1 Å². The molecule has 2 heterocycles. The molecule has 3 aromatic rings. The molecule has 0 saturated heterocycles. The zero-order valence-electron chi connectivity index (χ0n) is 17.9. The van der Waals surface area contributed by atoms with Crippen LogP contribution in [-0.2, 0) is 14.8 Å². The molecule has 0 saturated carbocycles. The Morgan fingerprint density at radius 3 is 2.44 bits per heavy atom. The first-order valence-corrected chi connectivity index (χ1v) is 11.9. The molecule has 0 spiro atoms. The number of sulfonamides is 1. The number of anilines is 3. The van der Waals surface area contributed by atoms with E-state index in [9.17, 15) is 18.0 Å². The van der Waals surface area contributed by atoms with E-state index in [-0.39, 0.29) is 23.6 Å². The fourth-order valence-electron chi connectivity index (χ4n) is 3.99. The van der Waals surface area contributed by atoms with Gasteiger partial charge in [0.1, 0.15) is 0 Å². The van der Waals surface area contributed by atoms with E-state index in [4.69, 9.17) is 4.42 Å². The van der Waals surface area contributed by atoms with E-state index in [0.717, 1.165) is 17.4 Å². The maximum Gasteiger partial charge on any atom is 0.294 e. The van der Waals surface area contributed by atoms with Crippen molar-refractivity contribution < 1.29 is 22.4 Å². The molecule has 8 nitrogen and oxygen atoms in total. The van der Waals surface area contributed by atoms with Gasteiger partial charge in [0.2, 0.25) is 15.9 Å². The molecule has 0 fully saturated rings. The molecule has 32 heavy (non-hydrogen) atoms. The third-order valence-corrected chi connectivity index (χ3v) is 5.84. The largest absolute Gasteiger partial charge is 0.459 e. The second-order valence-corrected chi connectivity index (χ2v) is 9.54. The molecule has 2 amide bonds. The molecule has 4 rings (SSSR count). The number of nitrogens with zero attached hydrogens (tertiary/aromatic N) is 2. The Morgan fingerprint density at radius 2 is 1.78 bits per heavy atom. The van der Waals surface area contributed by atoms with Gasteiger partial charge in [-0.1, -0.05) is 18.2 Å². The Kier molecular flexibility index (Phi) is 5.52. The molecule has 0 unspecified atom stereocenters. The number of hydrogen-bond acceptors (Lipinski definition) is 5. The number of carbonyl (C=O) groups is 2. The molecular weight excluding hydrogens is 430 g/mol. The number of hydrogen-bond donors (Lipinski definition) is 1. The fourth-order valence-corrected chi connectivity index (χ4v) is 4.54. The topological polar surface area (TPSA) is 99.9 Å². The van der Waals surface area contributed by atoms with Crippen LogP contribution in [-0.4, -0.2) is 39.1 Å². The van der Waals surface area contributed by atoms with E-state index >= 15 is 0 Å². The van der Waals surface area contributed by atoms with Gasteiger partial charge in [0.25, 0.3) is 5.91 Å². The summed E-state index contributed by atoms with van der Waals surface area (Å²) in [6, 6.07) is 15.5. The van der Waals surface area contributed by atoms with Gasteiger partial charge in [0.05, 0.1) is 29.9 Å². The quantitative estimate of drug-likeness (QED) is 0.649. The molecule has 1 aromatic heterocycles. The van der Waals surface area contributed by atoms with Gasteiger partial charge < -0.3 is 14.2 Å². The predicted molar refractivity (Wildman–Crippen MR) is 123 cm³/mol. The van der Waals surface area contributed by atoms with E-state index in [1.807, 2.05) is 25.1 Å². The van der Waals surface area contributed by atoms with Gasteiger partial charge in [-0.3, -0.25) is 14.3 Å². The first-order chi connectivity index (χ1) is 15.1. The Labute approximate surface area is 186 Å². The summed E-state index contributed by atoms with van der Waals surface area (Å²) in [5.74, 6) is -0.198. The van der Waals surface area contributed by atoms with Crippen molar-refractivity contribution >= 4 is 38.9 Å². The minimum Gasteiger partial charge on any atom is -0.459 e. The zero-order chi connectivity index (χ0) is 23.0. The van der Waals surface area contributed by atoms with Crippen LogP contribution in [0, 0.1) is 0 Å². The average Bonchev–Trinajstić information content (AvgIpc) is 3.26. The van der Waals surface area contributed by atoms with Crippen molar-refractivity contribution in [2.24, 2.45) is 0 Å². The van der Waals surface area contributed by atoms with E-state index in [1.165, 1.54) is 13.2 Å². The lowest BCUT2D eigenvalue weighted by Crippen LogP contribution is -2.51. The van der Waals surface area contributed by atoms with E-state index in [1.54, 1.807) is 46.2 Å². The van der Waals surface area contributed by atoms with Gasteiger partial charge in [-0.15, -0.1) is 0 Å². The summed E-state index contributed by atoms with van der Waals surface area (Å²) in [7, 11) is -3.42.